The van der Waals surface area contributed by atoms with Gasteiger partial charge in [-0.1, -0.05) is 11.6 Å². The van der Waals surface area contributed by atoms with Crippen LogP contribution in [0.1, 0.15) is 36.0 Å². The molecule has 1 N–H and O–H groups in total. The number of nitrogens with one attached hydrogen (secondary N) is 1. The van der Waals surface area contributed by atoms with Gasteiger partial charge in [0, 0.05) is 44.6 Å². The van der Waals surface area contributed by atoms with Gasteiger partial charge in [-0.2, -0.15) is 5.26 Å². The lowest BCUT2D eigenvalue weighted by molar-refractivity contribution is 0.0365. The number of hydrogen-bond donors (Lipinski definition) is 1. The number of nitriles is 1. The second-order valence-corrected chi connectivity index (χ2v) is 6.86. The van der Waals surface area contributed by atoms with E-state index in [-0.39, 0.29) is 11.3 Å². The molecule has 6 heteroatoms. The van der Waals surface area contributed by atoms with Crippen LogP contribution in [0.2, 0.25) is 5.02 Å². The molecule has 0 aromatic heterocycles. The molecule has 1 aromatic carbocycles. The zero-order chi connectivity index (χ0) is 17.6. The Hall–Kier alpha value is -1.77. The second kappa shape index (κ2) is 8.36. The number of benzene rings is 1. The number of ether oxygens (including phenoxy) is 1. The van der Waals surface area contributed by atoms with Gasteiger partial charge in [0.2, 0.25) is 0 Å². The first-order chi connectivity index (χ1) is 11.5. The Bertz CT molecular complexity index is 619. The Morgan fingerprint density at radius 3 is 2.75 bits per heavy atom. The fourth-order valence-corrected chi connectivity index (χ4v) is 3.09. The van der Waals surface area contributed by atoms with Gasteiger partial charge >= 0.3 is 0 Å². The lowest BCUT2D eigenvalue weighted by Crippen LogP contribution is -2.28. The lowest BCUT2D eigenvalue weighted by Gasteiger charge is -2.30. The number of hydrogen-bond acceptors (Lipinski definition) is 4. The summed E-state index contributed by atoms with van der Waals surface area (Å²) >= 11 is 6.06. The first kappa shape index (κ1) is 18.6. The Kier molecular flexibility index (Phi) is 6.47. The van der Waals surface area contributed by atoms with Crippen molar-refractivity contribution in [2.24, 2.45) is 5.41 Å². The molecule has 1 aliphatic heterocycles. The molecule has 0 atom stereocenters. The van der Waals surface area contributed by atoms with E-state index in [2.05, 4.69) is 11.4 Å². The summed E-state index contributed by atoms with van der Waals surface area (Å²) in [5, 5.41) is 13.4. The normalized spacial score (nSPS) is 16.2. The third-order valence-electron chi connectivity index (χ3n) is 4.45. The number of carbonyl (C=O) groups is 1. The molecule has 2 rings (SSSR count). The fourth-order valence-electron chi connectivity index (χ4n) is 2.92. The zero-order valence-electron chi connectivity index (χ0n) is 14.3. The van der Waals surface area contributed by atoms with Gasteiger partial charge in [-0.3, -0.25) is 4.79 Å². The molecule has 1 amide bonds. The predicted molar refractivity (Wildman–Crippen MR) is 95.3 cm³/mol. The van der Waals surface area contributed by atoms with E-state index >= 15 is 0 Å². The number of nitrogens with zero attached hydrogens (tertiary/aromatic N) is 2. The van der Waals surface area contributed by atoms with E-state index in [0.29, 0.717) is 30.3 Å². The first-order valence-corrected chi connectivity index (χ1v) is 8.59. The molecular formula is C18H24ClN3O2. The molecule has 0 radical (unpaired) electrons. The summed E-state index contributed by atoms with van der Waals surface area (Å²) < 4.78 is 5.36. The lowest BCUT2D eigenvalue weighted by atomic mass is 9.78. The third-order valence-corrected chi connectivity index (χ3v) is 4.69. The van der Waals surface area contributed by atoms with Gasteiger partial charge in [0.05, 0.1) is 17.0 Å². The van der Waals surface area contributed by atoms with Crippen LogP contribution in [0.4, 0.5) is 5.69 Å². The van der Waals surface area contributed by atoms with Gasteiger partial charge in [-0.25, -0.2) is 0 Å². The van der Waals surface area contributed by atoms with E-state index in [1.807, 2.05) is 0 Å². The van der Waals surface area contributed by atoms with E-state index in [0.717, 1.165) is 31.4 Å². The van der Waals surface area contributed by atoms with Crippen molar-refractivity contribution < 1.29 is 9.53 Å². The highest BCUT2D eigenvalue weighted by molar-refractivity contribution is 6.31. The third kappa shape index (κ3) is 4.62. The van der Waals surface area contributed by atoms with Crippen molar-refractivity contribution in [3.63, 3.8) is 0 Å². The van der Waals surface area contributed by atoms with Crippen molar-refractivity contribution in [3.05, 3.63) is 28.8 Å². The molecule has 0 unspecified atom stereocenters. The van der Waals surface area contributed by atoms with Crippen LogP contribution < -0.4 is 5.32 Å². The van der Waals surface area contributed by atoms with Crippen molar-refractivity contribution >= 4 is 23.2 Å². The van der Waals surface area contributed by atoms with Crippen molar-refractivity contribution in [3.8, 4) is 6.07 Å². The topological polar surface area (TPSA) is 65.4 Å². The standard InChI is InChI=1S/C18H24ClN3O2/c1-22(2)17(23)15-5-4-14(19)12-16(15)21-9-3-6-18(13-20)7-10-24-11-8-18/h4-5,12,21H,3,6-11H2,1-2H3. The maximum Gasteiger partial charge on any atom is 0.255 e. The molecule has 1 fully saturated rings. The van der Waals surface area contributed by atoms with Gasteiger partial charge < -0.3 is 15.0 Å². The maximum atomic E-state index is 12.2. The maximum absolute atomic E-state index is 12.2. The van der Waals surface area contributed by atoms with E-state index in [4.69, 9.17) is 16.3 Å². The summed E-state index contributed by atoms with van der Waals surface area (Å²) in [5.41, 5.74) is 1.07. The van der Waals surface area contributed by atoms with Crippen LogP contribution in [0.15, 0.2) is 18.2 Å². The van der Waals surface area contributed by atoms with Gasteiger partial charge in [0.25, 0.3) is 5.91 Å². The van der Waals surface area contributed by atoms with Gasteiger partial charge in [-0.05, 0) is 43.9 Å². The SMILES string of the molecule is CN(C)C(=O)c1ccc(Cl)cc1NCCCC1(C#N)CCOCC1. The molecule has 0 aliphatic carbocycles. The number of anilines is 1. The molecule has 0 spiro atoms. The van der Waals surface area contributed by atoms with Gasteiger partial charge in [0.15, 0.2) is 0 Å². The van der Waals surface area contributed by atoms with Crippen molar-refractivity contribution in [2.75, 3.05) is 39.2 Å². The quantitative estimate of drug-likeness (QED) is 0.797. The fraction of sp³-hybridized carbons (Fsp3) is 0.556. The van der Waals surface area contributed by atoms with Crippen molar-refractivity contribution in [2.45, 2.75) is 25.7 Å². The van der Waals surface area contributed by atoms with Crippen molar-refractivity contribution in [1.82, 2.24) is 4.90 Å². The smallest absolute Gasteiger partial charge is 0.255 e. The average molecular weight is 350 g/mol. The summed E-state index contributed by atoms with van der Waals surface area (Å²) in [4.78, 5) is 13.8. The summed E-state index contributed by atoms with van der Waals surface area (Å²) in [6.07, 6.45) is 3.28. The molecule has 1 heterocycles. The van der Waals surface area contributed by atoms with E-state index in [1.54, 1.807) is 37.2 Å². The summed E-state index contributed by atoms with van der Waals surface area (Å²) in [5.74, 6) is -0.0629. The number of amides is 1. The molecule has 1 aromatic rings. The minimum atomic E-state index is -0.267. The minimum Gasteiger partial charge on any atom is -0.384 e. The highest BCUT2D eigenvalue weighted by Gasteiger charge is 2.31. The van der Waals surface area contributed by atoms with Crippen LogP contribution in [-0.2, 0) is 4.74 Å². The van der Waals surface area contributed by atoms with E-state index in [9.17, 15) is 10.1 Å². The number of carbonyl (C=O) groups excluding carboxylic acids is 1. The zero-order valence-corrected chi connectivity index (χ0v) is 15.0. The largest absolute Gasteiger partial charge is 0.384 e. The van der Waals surface area contributed by atoms with Crippen LogP contribution in [0.5, 0.6) is 0 Å². The Balaban J connectivity index is 1.95. The molecule has 130 valence electrons. The summed E-state index contributed by atoms with van der Waals surface area (Å²) in [6, 6.07) is 7.71. The number of halogens is 1. The predicted octanol–water partition coefficient (Wildman–Crippen LogP) is 3.55. The van der Waals surface area contributed by atoms with Crippen LogP contribution in [-0.4, -0.2) is 44.7 Å². The highest BCUT2D eigenvalue weighted by Crippen LogP contribution is 2.34. The molecule has 5 nitrogen and oxygen atoms in total. The molecular weight excluding hydrogens is 326 g/mol. The summed E-state index contributed by atoms with van der Waals surface area (Å²) in [7, 11) is 3.45. The Morgan fingerprint density at radius 2 is 2.12 bits per heavy atom. The van der Waals surface area contributed by atoms with E-state index < -0.39 is 0 Å². The van der Waals surface area contributed by atoms with Crippen LogP contribution in [0, 0.1) is 16.7 Å². The highest BCUT2D eigenvalue weighted by atomic mass is 35.5. The monoisotopic (exact) mass is 349 g/mol. The number of rotatable bonds is 6. The molecule has 1 aliphatic rings. The average Bonchev–Trinajstić information content (AvgIpc) is 2.59. The molecule has 0 bridgehead atoms. The van der Waals surface area contributed by atoms with Crippen molar-refractivity contribution in [1.29, 1.82) is 5.26 Å². The summed E-state index contributed by atoms with van der Waals surface area (Å²) in [6.45, 7) is 2.02. The Morgan fingerprint density at radius 1 is 1.42 bits per heavy atom. The molecule has 24 heavy (non-hydrogen) atoms. The molecule has 0 saturated carbocycles. The van der Waals surface area contributed by atoms with Gasteiger partial charge in [-0.15, -0.1) is 0 Å². The first-order valence-electron chi connectivity index (χ1n) is 8.21. The molecule has 1 saturated heterocycles. The second-order valence-electron chi connectivity index (χ2n) is 6.42. The van der Waals surface area contributed by atoms with Gasteiger partial charge in [0.1, 0.15) is 0 Å². The minimum absolute atomic E-state index is 0.0629. The van der Waals surface area contributed by atoms with Crippen LogP contribution >= 0.6 is 11.6 Å². The van der Waals surface area contributed by atoms with Crippen LogP contribution in [0.3, 0.4) is 0 Å². The van der Waals surface area contributed by atoms with E-state index in [1.165, 1.54) is 0 Å². The Labute approximate surface area is 148 Å². The van der Waals surface area contributed by atoms with Crippen LogP contribution in [0.25, 0.3) is 0 Å².